The van der Waals surface area contributed by atoms with Gasteiger partial charge in [0.1, 0.15) is 11.9 Å². The van der Waals surface area contributed by atoms with Gasteiger partial charge in [-0.1, -0.05) is 19.9 Å². The Morgan fingerprint density at radius 1 is 1.56 bits per heavy atom. The van der Waals surface area contributed by atoms with Crippen LogP contribution in [0.3, 0.4) is 0 Å². The number of esters is 1. The van der Waals surface area contributed by atoms with Crippen molar-refractivity contribution < 1.29 is 14.3 Å². The highest BCUT2D eigenvalue weighted by Gasteiger charge is 2.30. The van der Waals surface area contributed by atoms with E-state index in [0.29, 0.717) is 12.3 Å². The van der Waals surface area contributed by atoms with Gasteiger partial charge in [0.05, 0.1) is 0 Å². The molecule has 3 heteroatoms. The highest BCUT2D eigenvalue weighted by atomic mass is 16.5. The van der Waals surface area contributed by atoms with Gasteiger partial charge in [0.15, 0.2) is 0 Å². The van der Waals surface area contributed by atoms with Crippen molar-refractivity contribution in [1.82, 2.24) is 0 Å². The van der Waals surface area contributed by atoms with Crippen LogP contribution in [0.4, 0.5) is 0 Å². The molecule has 0 aromatic rings. The minimum absolute atomic E-state index is 0.0677. The zero-order chi connectivity index (χ0) is 12.1. The van der Waals surface area contributed by atoms with Crippen LogP contribution >= 0.6 is 0 Å². The van der Waals surface area contributed by atoms with Crippen molar-refractivity contribution >= 4 is 11.8 Å². The monoisotopic (exact) mass is 224 g/mol. The topological polar surface area (TPSA) is 43.4 Å². The molecule has 1 rings (SSSR count). The third-order valence-corrected chi connectivity index (χ3v) is 3.14. The standard InChI is InChI=1S/C13H20O3/c1-4-11-7-8-12(15)16-13(11)9(2)5-6-10(3)14/h7-9,11,13H,4-6H2,1-3H3/t9-,11-,13-/m1/s1. The summed E-state index contributed by atoms with van der Waals surface area (Å²) in [6.07, 6.45) is 5.68. The van der Waals surface area contributed by atoms with Gasteiger partial charge in [-0.05, 0) is 25.7 Å². The van der Waals surface area contributed by atoms with E-state index < -0.39 is 0 Å². The molecule has 0 unspecified atom stereocenters. The summed E-state index contributed by atoms with van der Waals surface area (Å²) in [5, 5.41) is 0. The Morgan fingerprint density at radius 3 is 2.81 bits per heavy atom. The smallest absolute Gasteiger partial charge is 0.330 e. The summed E-state index contributed by atoms with van der Waals surface area (Å²) in [7, 11) is 0. The molecule has 0 aromatic carbocycles. The highest BCUT2D eigenvalue weighted by molar-refractivity contribution is 5.83. The van der Waals surface area contributed by atoms with Crippen LogP contribution in [0.25, 0.3) is 0 Å². The predicted octanol–water partition coefficient (Wildman–Crippen LogP) is 2.50. The Hall–Kier alpha value is -1.12. The quantitative estimate of drug-likeness (QED) is 0.674. The van der Waals surface area contributed by atoms with Crippen LogP contribution in [0, 0.1) is 11.8 Å². The third-order valence-electron chi connectivity index (χ3n) is 3.14. The number of Topliss-reactive ketones (excluding diaryl/α,β-unsaturated/α-hetero) is 1. The first-order valence-electron chi connectivity index (χ1n) is 5.92. The van der Waals surface area contributed by atoms with Crippen LogP contribution in [-0.2, 0) is 14.3 Å². The molecule has 3 nitrogen and oxygen atoms in total. The van der Waals surface area contributed by atoms with Gasteiger partial charge >= 0.3 is 5.97 Å². The van der Waals surface area contributed by atoms with E-state index in [0.717, 1.165) is 12.8 Å². The second kappa shape index (κ2) is 5.83. The zero-order valence-corrected chi connectivity index (χ0v) is 10.2. The molecule has 1 heterocycles. The molecule has 0 amide bonds. The number of ketones is 1. The van der Waals surface area contributed by atoms with Gasteiger partial charge in [0.2, 0.25) is 0 Å². The fourth-order valence-electron chi connectivity index (χ4n) is 2.07. The van der Waals surface area contributed by atoms with Crippen LogP contribution in [0.2, 0.25) is 0 Å². The van der Waals surface area contributed by atoms with Crippen molar-refractivity contribution in [3.8, 4) is 0 Å². The number of hydrogen-bond acceptors (Lipinski definition) is 3. The highest BCUT2D eigenvalue weighted by Crippen LogP contribution is 2.27. The van der Waals surface area contributed by atoms with Crippen molar-refractivity contribution in [3.63, 3.8) is 0 Å². The molecule has 1 aliphatic rings. The molecular weight excluding hydrogens is 204 g/mol. The maximum atomic E-state index is 11.2. The Bertz CT molecular complexity index is 294. The molecule has 0 radical (unpaired) electrons. The fraction of sp³-hybridized carbons (Fsp3) is 0.692. The number of ether oxygens (including phenoxy) is 1. The maximum absolute atomic E-state index is 11.2. The number of hydrogen-bond donors (Lipinski definition) is 0. The van der Waals surface area contributed by atoms with E-state index in [1.54, 1.807) is 6.92 Å². The number of rotatable bonds is 5. The number of cyclic esters (lactones) is 1. The van der Waals surface area contributed by atoms with Gasteiger partial charge in [-0.25, -0.2) is 4.79 Å². The summed E-state index contributed by atoms with van der Waals surface area (Å²) in [6, 6.07) is 0. The average molecular weight is 224 g/mol. The lowest BCUT2D eigenvalue weighted by Crippen LogP contribution is -2.34. The minimum atomic E-state index is -0.260. The summed E-state index contributed by atoms with van der Waals surface area (Å²) in [5.74, 6) is 0.462. The lowest BCUT2D eigenvalue weighted by molar-refractivity contribution is -0.149. The largest absolute Gasteiger partial charge is 0.458 e. The van der Waals surface area contributed by atoms with Gasteiger partial charge in [-0.2, -0.15) is 0 Å². The predicted molar refractivity (Wildman–Crippen MR) is 61.9 cm³/mol. The van der Waals surface area contributed by atoms with Gasteiger partial charge in [0.25, 0.3) is 0 Å². The maximum Gasteiger partial charge on any atom is 0.330 e. The molecule has 0 spiro atoms. The van der Waals surface area contributed by atoms with E-state index in [1.807, 2.05) is 13.0 Å². The van der Waals surface area contributed by atoms with Crippen molar-refractivity contribution in [2.75, 3.05) is 0 Å². The van der Waals surface area contributed by atoms with E-state index in [9.17, 15) is 9.59 Å². The first-order valence-corrected chi connectivity index (χ1v) is 5.92. The molecule has 90 valence electrons. The Kier molecular flexibility index (Phi) is 4.71. The summed E-state index contributed by atoms with van der Waals surface area (Å²) in [5.41, 5.74) is 0. The molecule has 0 bridgehead atoms. The molecular formula is C13H20O3. The molecule has 0 aromatic heterocycles. The van der Waals surface area contributed by atoms with E-state index >= 15 is 0 Å². The van der Waals surface area contributed by atoms with Crippen molar-refractivity contribution in [2.24, 2.45) is 11.8 Å². The summed E-state index contributed by atoms with van der Waals surface area (Å²) in [6.45, 7) is 5.72. The Labute approximate surface area is 96.9 Å². The van der Waals surface area contributed by atoms with Crippen LogP contribution in [0.1, 0.15) is 40.0 Å². The van der Waals surface area contributed by atoms with E-state index in [-0.39, 0.29) is 23.8 Å². The second-order valence-corrected chi connectivity index (χ2v) is 4.55. The molecule has 1 aliphatic heterocycles. The first kappa shape index (κ1) is 12.9. The van der Waals surface area contributed by atoms with Crippen LogP contribution in [0.5, 0.6) is 0 Å². The lowest BCUT2D eigenvalue weighted by Gasteiger charge is -2.31. The molecule has 0 saturated carbocycles. The van der Waals surface area contributed by atoms with Crippen molar-refractivity contribution in [2.45, 2.75) is 46.1 Å². The van der Waals surface area contributed by atoms with Crippen molar-refractivity contribution in [1.29, 1.82) is 0 Å². The lowest BCUT2D eigenvalue weighted by atomic mass is 9.85. The van der Waals surface area contributed by atoms with E-state index in [4.69, 9.17) is 4.74 Å². The summed E-state index contributed by atoms with van der Waals surface area (Å²) < 4.78 is 5.35. The van der Waals surface area contributed by atoms with Gasteiger partial charge in [-0.3, -0.25) is 0 Å². The molecule has 0 fully saturated rings. The van der Waals surface area contributed by atoms with Gasteiger partial charge < -0.3 is 9.53 Å². The van der Waals surface area contributed by atoms with Crippen LogP contribution in [-0.4, -0.2) is 17.9 Å². The van der Waals surface area contributed by atoms with Gasteiger partial charge in [-0.15, -0.1) is 0 Å². The Morgan fingerprint density at radius 2 is 2.25 bits per heavy atom. The number of carbonyl (C=O) groups is 2. The summed E-state index contributed by atoms with van der Waals surface area (Å²) in [4.78, 5) is 22.1. The molecule has 0 aliphatic carbocycles. The SMILES string of the molecule is CC[C@@H]1C=CC(=O)O[C@@H]1[C@H](C)CCC(C)=O. The fourth-order valence-corrected chi connectivity index (χ4v) is 2.07. The first-order chi connectivity index (χ1) is 7.54. The van der Waals surface area contributed by atoms with E-state index in [1.165, 1.54) is 6.08 Å². The molecule has 16 heavy (non-hydrogen) atoms. The number of carbonyl (C=O) groups excluding carboxylic acids is 2. The third kappa shape index (κ3) is 3.47. The second-order valence-electron chi connectivity index (χ2n) is 4.55. The van der Waals surface area contributed by atoms with E-state index in [2.05, 4.69) is 6.92 Å². The molecule has 3 atom stereocenters. The Balaban J connectivity index is 2.58. The minimum Gasteiger partial charge on any atom is -0.458 e. The average Bonchev–Trinajstić information content (AvgIpc) is 2.25. The molecule has 0 saturated heterocycles. The molecule has 0 N–H and O–H groups in total. The summed E-state index contributed by atoms with van der Waals surface area (Å²) >= 11 is 0. The zero-order valence-electron chi connectivity index (χ0n) is 10.2. The van der Waals surface area contributed by atoms with Gasteiger partial charge in [0, 0.05) is 18.4 Å². The van der Waals surface area contributed by atoms with Crippen LogP contribution < -0.4 is 0 Å². The van der Waals surface area contributed by atoms with Crippen LogP contribution in [0.15, 0.2) is 12.2 Å². The normalized spacial score (nSPS) is 26.3. The van der Waals surface area contributed by atoms with Crippen molar-refractivity contribution in [3.05, 3.63) is 12.2 Å².